The van der Waals surface area contributed by atoms with Gasteiger partial charge in [-0.15, -0.1) is 0 Å². The number of aldehydes is 1. The third-order valence-corrected chi connectivity index (χ3v) is 4.85. The number of nitrogens with one attached hydrogen (secondary N) is 1. The first-order valence-electron chi connectivity index (χ1n) is 8.92. The summed E-state index contributed by atoms with van der Waals surface area (Å²) in [6.45, 7) is 1.59. The summed E-state index contributed by atoms with van der Waals surface area (Å²) in [5.41, 5.74) is 2.98. The lowest BCUT2D eigenvalue weighted by atomic mass is 9.97. The summed E-state index contributed by atoms with van der Waals surface area (Å²) in [6.07, 6.45) is 2.60. The van der Waals surface area contributed by atoms with E-state index in [-0.39, 0.29) is 11.9 Å². The fourth-order valence-corrected chi connectivity index (χ4v) is 3.33. The van der Waals surface area contributed by atoms with Crippen molar-refractivity contribution in [1.29, 1.82) is 0 Å². The number of hydrogen-bond acceptors (Lipinski definition) is 3. The predicted octanol–water partition coefficient (Wildman–Crippen LogP) is 3.22. The molecule has 0 spiro atoms. The Kier molecular flexibility index (Phi) is 6.12. The van der Waals surface area contributed by atoms with E-state index in [0.717, 1.165) is 43.3 Å². The van der Waals surface area contributed by atoms with Crippen molar-refractivity contribution in [2.24, 2.45) is 0 Å². The lowest BCUT2D eigenvalue weighted by molar-refractivity contribution is -0.109. The second-order valence-electron chi connectivity index (χ2n) is 6.59. The first-order valence-corrected chi connectivity index (χ1v) is 8.92. The Balaban J connectivity index is 1.71. The number of rotatable bonds is 6. The normalized spacial score (nSPS) is 15.6. The van der Waals surface area contributed by atoms with E-state index in [1.807, 2.05) is 36.4 Å². The number of carbonyl (C=O) groups excluding carboxylic acids is 2. The topological polar surface area (TPSA) is 49.4 Å². The number of piperidine rings is 1. The molecule has 5 heteroatoms. The molecule has 0 bridgehead atoms. The van der Waals surface area contributed by atoms with E-state index in [1.165, 1.54) is 0 Å². The molecule has 3 rings (SSSR count). The first-order chi connectivity index (χ1) is 12.7. The monoisotopic (exact) mass is 354 g/mol. The molecular formula is C21H23FN2O2. The van der Waals surface area contributed by atoms with Gasteiger partial charge < -0.3 is 10.1 Å². The highest BCUT2D eigenvalue weighted by Gasteiger charge is 2.22. The van der Waals surface area contributed by atoms with Gasteiger partial charge in [-0.3, -0.25) is 9.69 Å². The van der Waals surface area contributed by atoms with Crippen LogP contribution in [0.1, 0.15) is 28.8 Å². The molecule has 1 fully saturated rings. The summed E-state index contributed by atoms with van der Waals surface area (Å²) in [6, 6.07) is 14.8. The second kappa shape index (κ2) is 8.72. The minimum Gasteiger partial charge on any atom is -0.349 e. The van der Waals surface area contributed by atoms with Gasteiger partial charge in [-0.05, 0) is 35.6 Å². The lowest BCUT2D eigenvalue weighted by Gasteiger charge is -2.31. The molecule has 1 N–H and O–H groups in total. The zero-order chi connectivity index (χ0) is 18.4. The lowest BCUT2D eigenvalue weighted by Crippen LogP contribution is -2.45. The van der Waals surface area contributed by atoms with Gasteiger partial charge in [-0.1, -0.05) is 42.5 Å². The van der Waals surface area contributed by atoms with Crippen molar-refractivity contribution in [3.05, 3.63) is 59.7 Å². The molecular weight excluding hydrogens is 331 g/mol. The minimum atomic E-state index is -0.495. The predicted molar refractivity (Wildman–Crippen MR) is 99.7 cm³/mol. The van der Waals surface area contributed by atoms with Gasteiger partial charge in [-0.25, -0.2) is 4.39 Å². The van der Waals surface area contributed by atoms with E-state index < -0.39 is 6.67 Å². The van der Waals surface area contributed by atoms with E-state index in [1.54, 1.807) is 12.1 Å². The second-order valence-corrected chi connectivity index (χ2v) is 6.59. The Morgan fingerprint density at radius 2 is 1.81 bits per heavy atom. The van der Waals surface area contributed by atoms with E-state index in [4.69, 9.17) is 0 Å². The van der Waals surface area contributed by atoms with E-state index >= 15 is 0 Å². The number of alkyl halides is 1. The van der Waals surface area contributed by atoms with Gasteiger partial charge in [0.15, 0.2) is 0 Å². The molecule has 0 unspecified atom stereocenters. The SMILES string of the molecule is O=CCN1CCC(NC(=O)c2ccccc2-c2ccc(CF)cc2)CC1. The standard InChI is InChI=1S/C21H23FN2O2/c22-15-16-5-7-17(8-6-16)19-3-1-2-4-20(19)21(26)23-18-9-11-24(12-10-18)13-14-25/h1-8,14,18H,9-13,15H2,(H,23,26). The molecule has 0 saturated carbocycles. The van der Waals surface area contributed by atoms with Crippen LogP contribution in [0.15, 0.2) is 48.5 Å². The molecule has 2 aromatic rings. The van der Waals surface area contributed by atoms with Gasteiger partial charge in [0.2, 0.25) is 0 Å². The smallest absolute Gasteiger partial charge is 0.252 e. The third-order valence-electron chi connectivity index (χ3n) is 4.85. The van der Waals surface area contributed by atoms with Crippen LogP contribution in [0.25, 0.3) is 11.1 Å². The quantitative estimate of drug-likeness (QED) is 0.811. The van der Waals surface area contributed by atoms with Crippen LogP contribution in [0.2, 0.25) is 0 Å². The fraction of sp³-hybridized carbons (Fsp3) is 0.333. The van der Waals surface area contributed by atoms with Crippen molar-refractivity contribution in [1.82, 2.24) is 10.2 Å². The zero-order valence-corrected chi connectivity index (χ0v) is 14.7. The third kappa shape index (κ3) is 4.35. The van der Waals surface area contributed by atoms with Gasteiger partial charge in [0.1, 0.15) is 13.0 Å². The van der Waals surface area contributed by atoms with Crippen LogP contribution in [-0.4, -0.2) is 42.8 Å². The van der Waals surface area contributed by atoms with Crippen LogP contribution in [0.5, 0.6) is 0 Å². The maximum atomic E-state index is 12.8. The fourth-order valence-electron chi connectivity index (χ4n) is 3.33. The minimum absolute atomic E-state index is 0.0935. The summed E-state index contributed by atoms with van der Waals surface area (Å²) < 4.78 is 12.7. The Morgan fingerprint density at radius 3 is 2.46 bits per heavy atom. The summed E-state index contributed by atoms with van der Waals surface area (Å²) in [5.74, 6) is -0.0935. The van der Waals surface area contributed by atoms with E-state index in [9.17, 15) is 14.0 Å². The molecule has 2 aromatic carbocycles. The molecule has 0 aromatic heterocycles. The number of benzene rings is 2. The Labute approximate surface area is 153 Å². The number of hydrogen-bond donors (Lipinski definition) is 1. The van der Waals surface area contributed by atoms with Gasteiger partial charge >= 0.3 is 0 Å². The summed E-state index contributed by atoms with van der Waals surface area (Å²) in [5, 5.41) is 3.12. The van der Waals surface area contributed by atoms with Gasteiger partial charge in [-0.2, -0.15) is 0 Å². The highest BCUT2D eigenvalue weighted by Crippen LogP contribution is 2.25. The van der Waals surface area contributed by atoms with E-state index in [2.05, 4.69) is 10.2 Å². The van der Waals surface area contributed by atoms with Crippen LogP contribution < -0.4 is 5.32 Å². The molecule has 0 radical (unpaired) electrons. The van der Waals surface area contributed by atoms with Crippen molar-refractivity contribution < 1.29 is 14.0 Å². The molecule has 26 heavy (non-hydrogen) atoms. The molecule has 0 aliphatic carbocycles. The van der Waals surface area contributed by atoms with Crippen LogP contribution >= 0.6 is 0 Å². The largest absolute Gasteiger partial charge is 0.349 e. The number of amides is 1. The average Bonchev–Trinajstić information content (AvgIpc) is 2.70. The van der Waals surface area contributed by atoms with Crippen LogP contribution in [-0.2, 0) is 11.5 Å². The Hall–Kier alpha value is -2.53. The number of halogens is 1. The summed E-state index contributed by atoms with van der Waals surface area (Å²) in [4.78, 5) is 25.5. The van der Waals surface area contributed by atoms with Gasteiger partial charge in [0.25, 0.3) is 5.91 Å². The van der Waals surface area contributed by atoms with Crippen molar-refractivity contribution in [2.45, 2.75) is 25.6 Å². The van der Waals surface area contributed by atoms with Crippen molar-refractivity contribution in [3.8, 4) is 11.1 Å². The maximum absolute atomic E-state index is 12.8. The van der Waals surface area contributed by atoms with Crippen molar-refractivity contribution in [2.75, 3.05) is 19.6 Å². The summed E-state index contributed by atoms with van der Waals surface area (Å²) >= 11 is 0. The van der Waals surface area contributed by atoms with Gasteiger partial charge in [0, 0.05) is 24.7 Å². The molecule has 4 nitrogen and oxygen atoms in total. The average molecular weight is 354 g/mol. The molecule has 1 aliphatic heterocycles. The molecule has 0 atom stereocenters. The molecule has 136 valence electrons. The van der Waals surface area contributed by atoms with E-state index in [0.29, 0.717) is 17.7 Å². The van der Waals surface area contributed by atoms with Crippen LogP contribution in [0.3, 0.4) is 0 Å². The molecule has 1 aliphatic rings. The highest BCUT2D eigenvalue weighted by molar-refractivity contribution is 6.01. The molecule has 1 saturated heterocycles. The maximum Gasteiger partial charge on any atom is 0.252 e. The highest BCUT2D eigenvalue weighted by atomic mass is 19.1. The van der Waals surface area contributed by atoms with Crippen LogP contribution in [0, 0.1) is 0 Å². The van der Waals surface area contributed by atoms with Crippen molar-refractivity contribution in [3.63, 3.8) is 0 Å². The Morgan fingerprint density at radius 1 is 1.12 bits per heavy atom. The number of nitrogens with zero attached hydrogens (tertiary/aromatic N) is 1. The number of carbonyl (C=O) groups is 2. The van der Waals surface area contributed by atoms with Crippen molar-refractivity contribution >= 4 is 12.2 Å². The molecule has 1 heterocycles. The summed E-state index contributed by atoms with van der Waals surface area (Å²) in [7, 11) is 0. The molecule has 1 amide bonds. The first kappa shape index (κ1) is 18.3. The Bertz CT molecular complexity index is 753. The zero-order valence-electron chi connectivity index (χ0n) is 14.7. The van der Waals surface area contributed by atoms with Gasteiger partial charge in [0.05, 0.1) is 6.54 Å². The van der Waals surface area contributed by atoms with Crippen LogP contribution in [0.4, 0.5) is 4.39 Å². The number of likely N-dealkylation sites (tertiary alicyclic amines) is 1.